The van der Waals surface area contributed by atoms with Gasteiger partial charge in [-0.25, -0.2) is 18.7 Å². The summed E-state index contributed by atoms with van der Waals surface area (Å²) in [7, 11) is 0. The highest BCUT2D eigenvalue weighted by Gasteiger charge is 2.29. The first-order chi connectivity index (χ1) is 11.5. The van der Waals surface area contributed by atoms with Gasteiger partial charge in [0, 0.05) is 18.9 Å². The number of nitrogens with zero attached hydrogens (tertiary/aromatic N) is 3. The molecule has 1 aromatic heterocycles. The van der Waals surface area contributed by atoms with Crippen molar-refractivity contribution in [2.24, 2.45) is 0 Å². The minimum atomic E-state index is -0.862. The number of ether oxygens (including phenoxy) is 1. The van der Waals surface area contributed by atoms with Crippen LogP contribution in [0.1, 0.15) is 23.2 Å². The molecular formula is C16H14BrF2N3O2. The molecule has 126 valence electrons. The van der Waals surface area contributed by atoms with E-state index in [1.165, 1.54) is 11.0 Å². The molecule has 0 saturated carbocycles. The molecule has 0 N–H and O–H groups in total. The SMILES string of the molecule is O=C(c1c(F)cccc1F)N1CCCC(Oc2ncc(Br)cn2)C1. The van der Waals surface area contributed by atoms with Crippen LogP contribution in [-0.4, -0.2) is 40.0 Å². The number of hydrogen-bond acceptors (Lipinski definition) is 4. The molecule has 1 aliphatic heterocycles. The third-order valence-electron chi connectivity index (χ3n) is 3.71. The molecule has 0 bridgehead atoms. The van der Waals surface area contributed by atoms with E-state index in [1.54, 1.807) is 12.4 Å². The van der Waals surface area contributed by atoms with E-state index in [1.807, 2.05) is 0 Å². The van der Waals surface area contributed by atoms with Gasteiger partial charge in [0.25, 0.3) is 5.91 Å². The van der Waals surface area contributed by atoms with Crippen molar-refractivity contribution in [3.8, 4) is 6.01 Å². The minimum Gasteiger partial charge on any atom is -0.458 e. The molecule has 1 fully saturated rings. The Balaban J connectivity index is 1.71. The van der Waals surface area contributed by atoms with Gasteiger partial charge in [-0.15, -0.1) is 0 Å². The van der Waals surface area contributed by atoms with E-state index < -0.39 is 23.1 Å². The van der Waals surface area contributed by atoms with Crippen molar-refractivity contribution in [2.45, 2.75) is 18.9 Å². The van der Waals surface area contributed by atoms with Crippen LogP contribution in [0.4, 0.5) is 8.78 Å². The first-order valence-corrected chi connectivity index (χ1v) is 8.21. The number of piperidine rings is 1. The number of likely N-dealkylation sites (tertiary alicyclic amines) is 1. The Morgan fingerprint density at radius 2 is 1.92 bits per heavy atom. The van der Waals surface area contributed by atoms with E-state index in [4.69, 9.17) is 4.74 Å². The van der Waals surface area contributed by atoms with Crippen molar-refractivity contribution < 1.29 is 18.3 Å². The molecule has 0 spiro atoms. The summed E-state index contributed by atoms with van der Waals surface area (Å²) in [6, 6.07) is 3.58. The molecule has 1 aliphatic rings. The lowest BCUT2D eigenvalue weighted by molar-refractivity contribution is 0.0507. The second-order valence-electron chi connectivity index (χ2n) is 5.41. The predicted molar refractivity (Wildman–Crippen MR) is 85.6 cm³/mol. The lowest BCUT2D eigenvalue weighted by Gasteiger charge is -2.32. The van der Waals surface area contributed by atoms with Gasteiger partial charge in [-0.1, -0.05) is 6.07 Å². The van der Waals surface area contributed by atoms with Gasteiger partial charge in [0.2, 0.25) is 0 Å². The third-order valence-corrected chi connectivity index (χ3v) is 4.12. The standard InChI is InChI=1S/C16H14BrF2N3O2/c17-10-7-20-16(21-8-10)24-11-3-2-6-22(9-11)15(23)14-12(18)4-1-5-13(14)19/h1,4-5,7-8,11H,2-3,6,9H2. The monoisotopic (exact) mass is 397 g/mol. The Morgan fingerprint density at radius 1 is 1.25 bits per heavy atom. The predicted octanol–water partition coefficient (Wildman–Crippen LogP) is 3.20. The zero-order valence-electron chi connectivity index (χ0n) is 12.6. The van der Waals surface area contributed by atoms with Crippen LogP contribution in [0.5, 0.6) is 6.01 Å². The van der Waals surface area contributed by atoms with Crippen molar-refractivity contribution in [2.75, 3.05) is 13.1 Å². The first kappa shape index (κ1) is 16.8. The summed E-state index contributed by atoms with van der Waals surface area (Å²) < 4.78 is 34.0. The first-order valence-electron chi connectivity index (χ1n) is 7.42. The fourth-order valence-electron chi connectivity index (χ4n) is 2.59. The summed E-state index contributed by atoms with van der Waals surface area (Å²) in [4.78, 5) is 21.9. The summed E-state index contributed by atoms with van der Waals surface area (Å²) in [5.41, 5.74) is -0.530. The van der Waals surface area contributed by atoms with Crippen molar-refractivity contribution in [1.82, 2.24) is 14.9 Å². The fraction of sp³-hybridized carbons (Fsp3) is 0.312. The summed E-state index contributed by atoms with van der Waals surface area (Å²) in [6.07, 6.45) is 4.18. The topological polar surface area (TPSA) is 55.3 Å². The van der Waals surface area contributed by atoms with Crippen LogP contribution in [0.3, 0.4) is 0 Å². The largest absolute Gasteiger partial charge is 0.458 e. The molecular weight excluding hydrogens is 384 g/mol. The molecule has 2 aromatic rings. The van der Waals surface area contributed by atoms with Crippen molar-refractivity contribution in [3.05, 3.63) is 52.3 Å². The number of aromatic nitrogens is 2. The van der Waals surface area contributed by atoms with Crippen LogP contribution in [-0.2, 0) is 0 Å². The number of amides is 1. The quantitative estimate of drug-likeness (QED) is 0.797. The van der Waals surface area contributed by atoms with Gasteiger partial charge in [-0.2, -0.15) is 0 Å². The number of benzene rings is 1. The average molecular weight is 398 g/mol. The summed E-state index contributed by atoms with van der Waals surface area (Å²) in [5, 5.41) is 0. The van der Waals surface area contributed by atoms with E-state index in [-0.39, 0.29) is 18.7 Å². The Hall–Kier alpha value is -2.09. The number of carbonyl (C=O) groups excluding carboxylic acids is 1. The molecule has 2 heterocycles. The van der Waals surface area contributed by atoms with Gasteiger partial charge in [-0.05, 0) is 40.9 Å². The van der Waals surface area contributed by atoms with Gasteiger partial charge < -0.3 is 9.64 Å². The average Bonchev–Trinajstić information content (AvgIpc) is 2.57. The molecule has 1 unspecified atom stereocenters. The number of rotatable bonds is 3. The normalized spacial score (nSPS) is 17.6. The summed E-state index contributed by atoms with van der Waals surface area (Å²) in [5.74, 6) is -2.39. The zero-order valence-corrected chi connectivity index (χ0v) is 14.2. The lowest BCUT2D eigenvalue weighted by Crippen LogP contribution is -2.45. The summed E-state index contributed by atoms with van der Waals surface area (Å²) in [6.45, 7) is 0.652. The highest BCUT2D eigenvalue weighted by molar-refractivity contribution is 9.10. The van der Waals surface area contributed by atoms with Crippen LogP contribution in [0.2, 0.25) is 0 Å². The highest BCUT2D eigenvalue weighted by Crippen LogP contribution is 2.20. The molecule has 1 saturated heterocycles. The van der Waals surface area contributed by atoms with E-state index >= 15 is 0 Å². The maximum atomic E-state index is 13.8. The molecule has 24 heavy (non-hydrogen) atoms. The molecule has 0 aliphatic carbocycles. The van der Waals surface area contributed by atoms with Crippen molar-refractivity contribution >= 4 is 21.8 Å². The Kier molecular flexibility index (Phi) is 5.03. The van der Waals surface area contributed by atoms with Crippen LogP contribution in [0.15, 0.2) is 35.1 Å². The second kappa shape index (κ2) is 7.21. The van der Waals surface area contributed by atoms with E-state index in [9.17, 15) is 13.6 Å². The van der Waals surface area contributed by atoms with E-state index in [2.05, 4.69) is 25.9 Å². The van der Waals surface area contributed by atoms with E-state index in [0.717, 1.165) is 16.6 Å². The third kappa shape index (κ3) is 3.69. The zero-order chi connectivity index (χ0) is 17.1. The van der Waals surface area contributed by atoms with Crippen LogP contribution >= 0.6 is 15.9 Å². The highest BCUT2D eigenvalue weighted by atomic mass is 79.9. The molecule has 0 radical (unpaired) electrons. The maximum Gasteiger partial charge on any atom is 0.316 e. The van der Waals surface area contributed by atoms with Crippen LogP contribution < -0.4 is 4.74 Å². The number of carbonyl (C=O) groups is 1. The van der Waals surface area contributed by atoms with Gasteiger partial charge in [0.05, 0.1) is 11.0 Å². The Morgan fingerprint density at radius 3 is 2.58 bits per heavy atom. The Bertz CT molecular complexity index is 722. The van der Waals surface area contributed by atoms with Crippen molar-refractivity contribution in [1.29, 1.82) is 0 Å². The molecule has 1 amide bonds. The molecule has 1 atom stereocenters. The molecule has 3 rings (SSSR count). The second-order valence-corrected chi connectivity index (χ2v) is 6.33. The van der Waals surface area contributed by atoms with Crippen LogP contribution in [0, 0.1) is 11.6 Å². The van der Waals surface area contributed by atoms with E-state index in [0.29, 0.717) is 19.4 Å². The minimum absolute atomic E-state index is 0.203. The molecule has 1 aromatic carbocycles. The smallest absolute Gasteiger partial charge is 0.316 e. The number of halogens is 3. The summed E-state index contributed by atoms with van der Waals surface area (Å²) >= 11 is 3.23. The van der Waals surface area contributed by atoms with Crippen LogP contribution in [0.25, 0.3) is 0 Å². The molecule has 8 heteroatoms. The fourth-order valence-corrected chi connectivity index (χ4v) is 2.79. The Labute approximate surface area is 145 Å². The lowest BCUT2D eigenvalue weighted by atomic mass is 10.1. The van der Waals surface area contributed by atoms with Gasteiger partial charge in [0.1, 0.15) is 23.3 Å². The van der Waals surface area contributed by atoms with Gasteiger partial charge in [0.15, 0.2) is 0 Å². The maximum absolute atomic E-state index is 13.8. The number of hydrogen-bond donors (Lipinski definition) is 0. The molecule has 5 nitrogen and oxygen atoms in total. The van der Waals surface area contributed by atoms with Crippen molar-refractivity contribution in [3.63, 3.8) is 0 Å². The van der Waals surface area contributed by atoms with Gasteiger partial charge in [-0.3, -0.25) is 4.79 Å². The van der Waals surface area contributed by atoms with Gasteiger partial charge >= 0.3 is 6.01 Å².